The van der Waals surface area contributed by atoms with Gasteiger partial charge in [0.15, 0.2) is 0 Å². The predicted molar refractivity (Wildman–Crippen MR) is 106 cm³/mol. The molecule has 0 aliphatic carbocycles. The van der Waals surface area contributed by atoms with Crippen LogP contribution in [-0.4, -0.2) is 40.6 Å². The van der Waals surface area contributed by atoms with Crippen LogP contribution in [0.5, 0.6) is 0 Å². The highest BCUT2D eigenvalue weighted by atomic mass is 16.3. The molecule has 1 aliphatic heterocycles. The van der Waals surface area contributed by atoms with Gasteiger partial charge in [0, 0.05) is 19.6 Å². The van der Waals surface area contributed by atoms with E-state index in [1.54, 1.807) is 12.3 Å². The van der Waals surface area contributed by atoms with Crippen molar-refractivity contribution in [1.29, 1.82) is 0 Å². The highest BCUT2D eigenvalue weighted by Crippen LogP contribution is 2.25. The van der Waals surface area contributed by atoms with Crippen LogP contribution in [0.1, 0.15) is 37.2 Å². The Bertz CT molecular complexity index is 940. The number of rotatable bonds is 5. The summed E-state index contributed by atoms with van der Waals surface area (Å²) in [6.45, 7) is 6.63. The lowest BCUT2D eigenvalue weighted by molar-refractivity contribution is 0.191. The number of nitrogens with one attached hydrogen (secondary N) is 1. The summed E-state index contributed by atoms with van der Waals surface area (Å²) in [4.78, 5) is 20.5. The van der Waals surface area contributed by atoms with E-state index in [0.717, 1.165) is 50.4 Å². The molecule has 1 aromatic carbocycles. The summed E-state index contributed by atoms with van der Waals surface area (Å²) in [6.07, 6.45) is 3.54. The fraction of sp³-hybridized carbons (Fsp3) is 0.429. The van der Waals surface area contributed by atoms with Crippen LogP contribution in [0.15, 0.2) is 51.9 Å². The number of hydrogen-bond donors (Lipinski definition) is 1. The van der Waals surface area contributed by atoms with Crippen molar-refractivity contribution >= 4 is 11.1 Å². The molecule has 0 amide bonds. The average molecular weight is 366 g/mol. The molecular formula is C21H26N4O2. The maximum atomic E-state index is 13.2. The second kappa shape index (κ2) is 8.06. The Labute approximate surface area is 158 Å². The Morgan fingerprint density at radius 1 is 1.19 bits per heavy atom. The fourth-order valence-electron chi connectivity index (χ4n) is 3.92. The van der Waals surface area contributed by atoms with E-state index < -0.39 is 0 Å². The molecule has 3 aromatic rings. The summed E-state index contributed by atoms with van der Waals surface area (Å²) in [7, 11) is 0. The Balaban J connectivity index is 1.81. The first-order valence-electron chi connectivity index (χ1n) is 9.74. The van der Waals surface area contributed by atoms with Crippen LogP contribution in [0.3, 0.4) is 0 Å². The standard InChI is InChI=1S/C21H26N4O2/c1-2-18(24-12-6-10-22-11-13-24)19-23-20-17(9-14-27-20)21(26)25(19)15-16-7-4-3-5-8-16/h3-5,7-9,14,18,22H,2,6,10-13,15H2,1H3. The summed E-state index contributed by atoms with van der Waals surface area (Å²) in [5.41, 5.74) is 1.50. The maximum absolute atomic E-state index is 13.2. The average Bonchev–Trinajstić information content (AvgIpc) is 3.01. The van der Waals surface area contributed by atoms with Crippen LogP contribution in [0.2, 0.25) is 0 Å². The van der Waals surface area contributed by atoms with Crippen molar-refractivity contribution in [1.82, 2.24) is 19.8 Å². The van der Waals surface area contributed by atoms with Gasteiger partial charge in [-0.15, -0.1) is 0 Å². The Morgan fingerprint density at radius 2 is 2.04 bits per heavy atom. The topological polar surface area (TPSA) is 63.3 Å². The summed E-state index contributed by atoms with van der Waals surface area (Å²) in [5.74, 6) is 0.802. The molecule has 27 heavy (non-hydrogen) atoms. The van der Waals surface area contributed by atoms with E-state index in [1.807, 2.05) is 34.9 Å². The minimum Gasteiger partial charge on any atom is -0.446 e. The van der Waals surface area contributed by atoms with E-state index in [1.165, 1.54) is 0 Å². The SMILES string of the molecule is CCC(c1nc2occc2c(=O)n1Cc1ccccc1)N1CCCNCC1. The molecule has 1 saturated heterocycles. The molecule has 1 fully saturated rings. The summed E-state index contributed by atoms with van der Waals surface area (Å²) >= 11 is 0. The highest BCUT2D eigenvalue weighted by molar-refractivity contribution is 5.71. The summed E-state index contributed by atoms with van der Waals surface area (Å²) in [6, 6.07) is 11.9. The van der Waals surface area contributed by atoms with E-state index in [0.29, 0.717) is 17.6 Å². The molecule has 1 aliphatic rings. The molecule has 6 heteroatoms. The molecule has 142 valence electrons. The van der Waals surface area contributed by atoms with Crippen LogP contribution in [-0.2, 0) is 6.54 Å². The molecule has 4 rings (SSSR count). The zero-order chi connectivity index (χ0) is 18.6. The minimum absolute atomic E-state index is 0.0287. The second-order valence-electron chi connectivity index (χ2n) is 7.05. The Kier molecular flexibility index (Phi) is 5.36. The van der Waals surface area contributed by atoms with Crippen LogP contribution >= 0.6 is 0 Å². The first-order chi connectivity index (χ1) is 13.3. The van der Waals surface area contributed by atoms with Crippen molar-refractivity contribution in [2.75, 3.05) is 26.2 Å². The third kappa shape index (κ3) is 3.68. The zero-order valence-corrected chi connectivity index (χ0v) is 15.7. The molecule has 0 radical (unpaired) electrons. The Morgan fingerprint density at radius 3 is 2.85 bits per heavy atom. The van der Waals surface area contributed by atoms with Gasteiger partial charge in [0.25, 0.3) is 5.56 Å². The predicted octanol–water partition coefficient (Wildman–Crippen LogP) is 2.78. The first kappa shape index (κ1) is 17.9. The molecule has 0 bridgehead atoms. The van der Waals surface area contributed by atoms with Gasteiger partial charge in [0.1, 0.15) is 11.2 Å². The molecule has 3 heterocycles. The number of fused-ring (bicyclic) bond motifs is 1. The van der Waals surface area contributed by atoms with E-state index in [9.17, 15) is 4.79 Å². The molecule has 0 saturated carbocycles. The minimum atomic E-state index is -0.0287. The van der Waals surface area contributed by atoms with Crippen molar-refractivity contribution in [3.05, 3.63) is 64.4 Å². The van der Waals surface area contributed by atoms with Gasteiger partial charge < -0.3 is 9.73 Å². The number of furan rings is 1. The molecule has 1 N–H and O–H groups in total. The second-order valence-corrected chi connectivity index (χ2v) is 7.05. The summed E-state index contributed by atoms with van der Waals surface area (Å²) < 4.78 is 7.33. The quantitative estimate of drug-likeness (QED) is 0.752. The molecule has 2 aromatic heterocycles. The van der Waals surface area contributed by atoms with E-state index >= 15 is 0 Å². The smallest absolute Gasteiger partial charge is 0.265 e. The largest absolute Gasteiger partial charge is 0.446 e. The third-order valence-corrected chi connectivity index (χ3v) is 5.30. The van der Waals surface area contributed by atoms with Crippen molar-refractivity contribution in [3.8, 4) is 0 Å². The van der Waals surface area contributed by atoms with Crippen molar-refractivity contribution in [2.24, 2.45) is 0 Å². The van der Waals surface area contributed by atoms with E-state index in [4.69, 9.17) is 9.40 Å². The van der Waals surface area contributed by atoms with Gasteiger partial charge >= 0.3 is 0 Å². The fourth-order valence-corrected chi connectivity index (χ4v) is 3.92. The van der Waals surface area contributed by atoms with Crippen molar-refractivity contribution in [3.63, 3.8) is 0 Å². The van der Waals surface area contributed by atoms with Gasteiger partial charge in [-0.3, -0.25) is 14.3 Å². The number of nitrogens with zero attached hydrogens (tertiary/aromatic N) is 3. The number of benzene rings is 1. The molecule has 6 nitrogen and oxygen atoms in total. The van der Waals surface area contributed by atoms with E-state index in [2.05, 4.69) is 17.1 Å². The van der Waals surface area contributed by atoms with E-state index in [-0.39, 0.29) is 11.6 Å². The van der Waals surface area contributed by atoms with Gasteiger partial charge in [-0.2, -0.15) is 4.98 Å². The van der Waals surface area contributed by atoms with Crippen LogP contribution < -0.4 is 10.9 Å². The summed E-state index contributed by atoms with van der Waals surface area (Å²) in [5, 5.41) is 3.99. The van der Waals surface area contributed by atoms with Crippen LogP contribution in [0.4, 0.5) is 0 Å². The monoisotopic (exact) mass is 366 g/mol. The third-order valence-electron chi connectivity index (χ3n) is 5.30. The van der Waals surface area contributed by atoms with Gasteiger partial charge in [-0.05, 0) is 31.0 Å². The Hall–Kier alpha value is -2.44. The van der Waals surface area contributed by atoms with Crippen molar-refractivity contribution < 1.29 is 4.42 Å². The lowest BCUT2D eigenvalue weighted by atomic mass is 10.1. The molecule has 1 atom stereocenters. The maximum Gasteiger partial charge on any atom is 0.265 e. The van der Waals surface area contributed by atoms with Crippen LogP contribution in [0.25, 0.3) is 11.1 Å². The van der Waals surface area contributed by atoms with Crippen molar-refractivity contribution in [2.45, 2.75) is 32.4 Å². The molecule has 1 unspecified atom stereocenters. The highest BCUT2D eigenvalue weighted by Gasteiger charge is 2.26. The van der Waals surface area contributed by atoms with Gasteiger partial charge in [-0.1, -0.05) is 37.3 Å². The zero-order valence-electron chi connectivity index (χ0n) is 15.7. The van der Waals surface area contributed by atoms with Gasteiger partial charge in [0.05, 0.1) is 18.8 Å². The lowest BCUT2D eigenvalue weighted by Crippen LogP contribution is -2.37. The van der Waals surface area contributed by atoms with Gasteiger partial charge in [0.2, 0.25) is 5.71 Å². The van der Waals surface area contributed by atoms with Gasteiger partial charge in [-0.25, -0.2) is 0 Å². The number of aromatic nitrogens is 2. The van der Waals surface area contributed by atoms with Crippen LogP contribution in [0, 0.1) is 0 Å². The molecule has 0 spiro atoms. The normalized spacial score (nSPS) is 17.1. The number of hydrogen-bond acceptors (Lipinski definition) is 5. The lowest BCUT2D eigenvalue weighted by Gasteiger charge is -2.30. The molecular weight excluding hydrogens is 340 g/mol. The first-order valence-corrected chi connectivity index (χ1v) is 9.74.